The molecule has 8 heteroatoms. The molecule has 3 N–H and O–H groups in total. The Hall–Kier alpha value is -3.32. The smallest absolute Gasteiger partial charge is 0.319 e. The molecular weight excluding hydrogens is 426 g/mol. The van der Waals surface area contributed by atoms with Gasteiger partial charge in [-0.1, -0.05) is 29.8 Å². The minimum absolute atomic E-state index is 0.00245. The first-order chi connectivity index (χ1) is 15.2. The summed E-state index contributed by atoms with van der Waals surface area (Å²) >= 11 is 6.28. The molecule has 2 aromatic carbocycles. The number of aryl methyl sites for hydroxylation is 2. The first kappa shape index (κ1) is 23.3. The summed E-state index contributed by atoms with van der Waals surface area (Å²) in [5.41, 5.74) is 5.39. The van der Waals surface area contributed by atoms with E-state index in [0.717, 1.165) is 28.2 Å². The third kappa shape index (κ3) is 5.48. The predicted octanol–water partition coefficient (Wildman–Crippen LogP) is 5.16. The molecule has 7 nitrogen and oxygen atoms in total. The first-order valence-electron chi connectivity index (χ1n) is 10.4. The van der Waals surface area contributed by atoms with Crippen molar-refractivity contribution >= 4 is 34.9 Å². The summed E-state index contributed by atoms with van der Waals surface area (Å²) in [7, 11) is 0. The van der Waals surface area contributed by atoms with Crippen LogP contribution in [0.15, 0.2) is 42.5 Å². The van der Waals surface area contributed by atoms with Crippen LogP contribution in [0.25, 0.3) is 5.69 Å². The molecule has 0 saturated carbocycles. The number of carbonyl (C=O) groups is 2. The fourth-order valence-electron chi connectivity index (χ4n) is 3.37. The number of aromatic nitrogens is 2. The number of halogens is 1. The molecule has 0 spiro atoms. The Morgan fingerprint density at radius 3 is 2.31 bits per heavy atom. The van der Waals surface area contributed by atoms with Gasteiger partial charge in [0.25, 0.3) is 0 Å². The van der Waals surface area contributed by atoms with Gasteiger partial charge in [0, 0.05) is 22.3 Å². The maximum absolute atomic E-state index is 12.8. The zero-order valence-corrected chi connectivity index (χ0v) is 19.7. The molecule has 0 radical (unpaired) electrons. The Morgan fingerprint density at radius 1 is 1.03 bits per heavy atom. The van der Waals surface area contributed by atoms with Gasteiger partial charge in [0.1, 0.15) is 0 Å². The fourth-order valence-corrected chi connectivity index (χ4v) is 3.55. The van der Waals surface area contributed by atoms with Crippen molar-refractivity contribution in [2.24, 2.45) is 0 Å². The molecule has 0 aliphatic carbocycles. The zero-order valence-electron chi connectivity index (χ0n) is 18.9. The van der Waals surface area contributed by atoms with E-state index in [0.29, 0.717) is 16.4 Å². The second kappa shape index (κ2) is 9.87. The third-order valence-electron chi connectivity index (χ3n) is 5.05. The van der Waals surface area contributed by atoms with Crippen LogP contribution < -0.4 is 16.0 Å². The van der Waals surface area contributed by atoms with Crippen molar-refractivity contribution < 1.29 is 9.59 Å². The van der Waals surface area contributed by atoms with Crippen LogP contribution in [-0.2, 0) is 11.2 Å². The van der Waals surface area contributed by atoms with E-state index in [-0.39, 0.29) is 24.4 Å². The summed E-state index contributed by atoms with van der Waals surface area (Å²) in [6.45, 7) is 9.52. The van der Waals surface area contributed by atoms with Gasteiger partial charge >= 0.3 is 6.03 Å². The van der Waals surface area contributed by atoms with Crippen molar-refractivity contribution in [3.8, 4) is 5.69 Å². The topological polar surface area (TPSA) is 88.1 Å². The highest BCUT2D eigenvalue weighted by Crippen LogP contribution is 2.24. The highest BCUT2D eigenvalue weighted by Gasteiger charge is 2.17. The van der Waals surface area contributed by atoms with E-state index in [1.54, 1.807) is 28.9 Å². The third-order valence-corrected chi connectivity index (χ3v) is 5.45. The molecule has 0 fully saturated rings. The molecule has 0 atom stereocenters. The van der Waals surface area contributed by atoms with E-state index in [2.05, 4.69) is 21.0 Å². The highest BCUT2D eigenvalue weighted by molar-refractivity contribution is 6.31. The van der Waals surface area contributed by atoms with Gasteiger partial charge in [0.2, 0.25) is 5.91 Å². The normalized spacial score (nSPS) is 10.8. The quantitative estimate of drug-likeness (QED) is 0.481. The Morgan fingerprint density at radius 2 is 1.69 bits per heavy atom. The van der Waals surface area contributed by atoms with Crippen molar-refractivity contribution in [2.45, 2.75) is 47.1 Å². The zero-order chi connectivity index (χ0) is 23.4. The van der Waals surface area contributed by atoms with Gasteiger partial charge in [-0.05, 0) is 64.4 Å². The maximum atomic E-state index is 12.8. The number of anilines is 2. The van der Waals surface area contributed by atoms with E-state index in [4.69, 9.17) is 11.6 Å². The summed E-state index contributed by atoms with van der Waals surface area (Å²) in [5, 5.41) is 13.7. The van der Waals surface area contributed by atoms with E-state index in [9.17, 15) is 9.59 Å². The van der Waals surface area contributed by atoms with Gasteiger partial charge in [0.15, 0.2) is 0 Å². The number of amides is 3. The molecule has 1 aromatic heterocycles. The molecule has 0 saturated heterocycles. The van der Waals surface area contributed by atoms with Gasteiger partial charge in [0.05, 0.1) is 29.2 Å². The molecule has 0 bridgehead atoms. The molecule has 3 amide bonds. The van der Waals surface area contributed by atoms with Crippen LogP contribution in [0.3, 0.4) is 0 Å². The second-order valence-electron chi connectivity index (χ2n) is 8.02. The van der Waals surface area contributed by atoms with Gasteiger partial charge in [-0.15, -0.1) is 0 Å². The Bertz CT molecular complexity index is 1150. The maximum Gasteiger partial charge on any atom is 0.319 e. The van der Waals surface area contributed by atoms with E-state index in [1.165, 1.54) is 0 Å². The Balaban J connectivity index is 1.77. The lowest BCUT2D eigenvalue weighted by Gasteiger charge is -2.14. The molecule has 0 unspecified atom stereocenters. The lowest BCUT2D eigenvalue weighted by Crippen LogP contribution is -2.34. The van der Waals surface area contributed by atoms with Crippen LogP contribution in [0.4, 0.5) is 16.2 Å². The molecule has 32 heavy (non-hydrogen) atoms. The van der Waals surface area contributed by atoms with Crippen molar-refractivity contribution in [3.05, 3.63) is 70.0 Å². The lowest BCUT2D eigenvalue weighted by molar-refractivity contribution is -0.115. The standard InChI is InChI=1S/C24H28ClN5O2/c1-14(2)26-24(32)28-22-9-7-6-8-21(22)27-23(31)13-19-16(4)29-30(17(19)5)18-11-10-15(3)20(25)12-18/h6-12,14H,13H2,1-5H3,(H,27,31)(H2,26,28,32). The summed E-state index contributed by atoms with van der Waals surface area (Å²) in [4.78, 5) is 24.9. The van der Waals surface area contributed by atoms with Crippen molar-refractivity contribution in [3.63, 3.8) is 0 Å². The van der Waals surface area contributed by atoms with Crippen LogP contribution in [0.2, 0.25) is 5.02 Å². The number of para-hydroxylation sites is 2. The van der Waals surface area contributed by atoms with Crippen LogP contribution in [0.1, 0.15) is 36.4 Å². The van der Waals surface area contributed by atoms with Crippen molar-refractivity contribution in [2.75, 3.05) is 10.6 Å². The van der Waals surface area contributed by atoms with Crippen LogP contribution in [0.5, 0.6) is 0 Å². The van der Waals surface area contributed by atoms with Crippen LogP contribution >= 0.6 is 11.6 Å². The molecule has 168 valence electrons. The number of benzene rings is 2. The number of hydrogen-bond donors (Lipinski definition) is 3. The fraction of sp³-hybridized carbons (Fsp3) is 0.292. The SMILES string of the molecule is Cc1ccc(-n2nc(C)c(CC(=O)Nc3ccccc3NC(=O)NC(C)C)c2C)cc1Cl. The van der Waals surface area contributed by atoms with Crippen molar-refractivity contribution in [1.29, 1.82) is 0 Å². The average molecular weight is 454 g/mol. The largest absolute Gasteiger partial charge is 0.336 e. The second-order valence-corrected chi connectivity index (χ2v) is 8.43. The summed E-state index contributed by atoms with van der Waals surface area (Å²) in [6, 6.07) is 12.5. The van der Waals surface area contributed by atoms with Gasteiger partial charge < -0.3 is 16.0 Å². The summed E-state index contributed by atoms with van der Waals surface area (Å²) in [5.74, 6) is -0.198. The van der Waals surface area contributed by atoms with Gasteiger partial charge in [-0.25, -0.2) is 9.48 Å². The van der Waals surface area contributed by atoms with Crippen LogP contribution in [0, 0.1) is 20.8 Å². The van der Waals surface area contributed by atoms with Gasteiger partial charge in [-0.2, -0.15) is 5.10 Å². The number of nitrogens with one attached hydrogen (secondary N) is 3. The number of hydrogen-bond acceptors (Lipinski definition) is 3. The molecule has 0 aliphatic rings. The Kier molecular flexibility index (Phi) is 7.20. The number of carbonyl (C=O) groups excluding carboxylic acids is 2. The molecule has 3 aromatic rings. The van der Waals surface area contributed by atoms with Crippen molar-refractivity contribution in [1.82, 2.24) is 15.1 Å². The van der Waals surface area contributed by atoms with E-state index in [1.807, 2.05) is 52.8 Å². The first-order valence-corrected chi connectivity index (χ1v) is 10.8. The number of nitrogens with zero attached hydrogens (tertiary/aromatic N) is 2. The Labute approximate surface area is 193 Å². The van der Waals surface area contributed by atoms with Gasteiger partial charge in [-0.3, -0.25) is 4.79 Å². The molecular formula is C24H28ClN5O2. The minimum atomic E-state index is -0.327. The number of rotatable bonds is 6. The van der Waals surface area contributed by atoms with Crippen LogP contribution in [-0.4, -0.2) is 27.8 Å². The molecule has 3 rings (SSSR count). The average Bonchev–Trinajstić information content (AvgIpc) is 2.99. The van der Waals surface area contributed by atoms with E-state index >= 15 is 0 Å². The summed E-state index contributed by atoms with van der Waals surface area (Å²) in [6.07, 6.45) is 0.157. The molecule has 1 heterocycles. The number of urea groups is 1. The lowest BCUT2D eigenvalue weighted by atomic mass is 10.1. The predicted molar refractivity (Wildman–Crippen MR) is 129 cm³/mol. The minimum Gasteiger partial charge on any atom is -0.336 e. The summed E-state index contributed by atoms with van der Waals surface area (Å²) < 4.78 is 1.80. The van der Waals surface area contributed by atoms with E-state index < -0.39 is 0 Å². The monoisotopic (exact) mass is 453 g/mol. The highest BCUT2D eigenvalue weighted by atomic mass is 35.5. The molecule has 0 aliphatic heterocycles.